The van der Waals surface area contributed by atoms with Crippen LogP contribution in [0.1, 0.15) is 0 Å². The average molecular weight is 583 g/mol. The van der Waals surface area contributed by atoms with Crippen molar-refractivity contribution in [2.24, 2.45) is 0 Å². The molecule has 2 atom stereocenters. The van der Waals surface area contributed by atoms with Crippen LogP contribution in [-0.2, 0) is 14.3 Å². The van der Waals surface area contributed by atoms with Crippen LogP contribution in [0.4, 0.5) is 74.6 Å². The van der Waals surface area contributed by atoms with E-state index in [4.69, 9.17) is 10.2 Å². The van der Waals surface area contributed by atoms with Crippen molar-refractivity contribution >= 4 is 5.91 Å². The van der Waals surface area contributed by atoms with E-state index >= 15 is 0 Å². The van der Waals surface area contributed by atoms with Crippen LogP contribution in [0.25, 0.3) is 0 Å². The summed E-state index contributed by atoms with van der Waals surface area (Å²) in [6.45, 7) is -5.92. The SMILES string of the molecule is O=C(N(CCO)CCO)C(F)(OC(F)(F)C(F)(OC(F)(F)C(F)(F)C(F)(F)F)C(F)(F)F)C(F)(F)F. The van der Waals surface area contributed by atoms with Crippen molar-refractivity contribution in [2.45, 2.75) is 48.4 Å². The topological polar surface area (TPSA) is 79.2 Å². The van der Waals surface area contributed by atoms with Crippen molar-refractivity contribution < 1.29 is 99.1 Å². The molecular formula is C13H10F17NO5. The first-order chi connectivity index (χ1) is 15.6. The summed E-state index contributed by atoms with van der Waals surface area (Å²) in [4.78, 5) is 11.0. The monoisotopic (exact) mass is 583 g/mol. The maximum atomic E-state index is 14.4. The Balaban J connectivity index is 6.88. The molecular weight excluding hydrogens is 573 g/mol. The Morgan fingerprint density at radius 1 is 0.583 bits per heavy atom. The maximum absolute atomic E-state index is 14.4. The average Bonchev–Trinajstić information content (AvgIpc) is 2.63. The molecule has 2 unspecified atom stereocenters. The van der Waals surface area contributed by atoms with Gasteiger partial charge in [0.15, 0.2) is 0 Å². The Bertz CT molecular complexity index is 760. The summed E-state index contributed by atoms with van der Waals surface area (Å²) in [5, 5.41) is 17.2. The number of aliphatic hydroxyl groups is 2. The van der Waals surface area contributed by atoms with E-state index in [1.807, 2.05) is 4.74 Å². The number of hydrogen-bond donors (Lipinski definition) is 2. The number of aliphatic hydroxyl groups excluding tert-OH is 2. The van der Waals surface area contributed by atoms with Gasteiger partial charge in [0.2, 0.25) is 0 Å². The normalized spacial score (nSPS) is 18.0. The molecule has 0 aliphatic rings. The van der Waals surface area contributed by atoms with Crippen molar-refractivity contribution in [1.29, 1.82) is 0 Å². The highest BCUT2D eigenvalue weighted by Crippen LogP contribution is 2.56. The van der Waals surface area contributed by atoms with Gasteiger partial charge in [-0.05, 0) is 0 Å². The first-order valence-electron chi connectivity index (χ1n) is 8.22. The van der Waals surface area contributed by atoms with Gasteiger partial charge in [0, 0.05) is 13.1 Å². The van der Waals surface area contributed by atoms with Crippen LogP contribution in [0.3, 0.4) is 0 Å². The van der Waals surface area contributed by atoms with Crippen molar-refractivity contribution in [3.8, 4) is 0 Å². The van der Waals surface area contributed by atoms with Crippen molar-refractivity contribution in [3.63, 3.8) is 0 Å². The molecule has 36 heavy (non-hydrogen) atoms. The van der Waals surface area contributed by atoms with Gasteiger partial charge in [0.05, 0.1) is 13.2 Å². The summed E-state index contributed by atoms with van der Waals surface area (Å²) in [6, 6.07) is 0. The molecule has 0 aromatic carbocycles. The molecule has 0 rings (SSSR count). The van der Waals surface area contributed by atoms with Gasteiger partial charge in [0.25, 0.3) is 5.91 Å². The molecule has 0 spiro atoms. The number of carbonyl (C=O) groups is 1. The quantitative estimate of drug-likeness (QED) is 0.364. The van der Waals surface area contributed by atoms with Crippen LogP contribution in [0.5, 0.6) is 0 Å². The molecule has 0 saturated carbocycles. The largest absolute Gasteiger partial charge is 0.462 e. The maximum Gasteiger partial charge on any atom is 0.462 e. The Labute approximate surface area is 186 Å². The van der Waals surface area contributed by atoms with E-state index in [2.05, 4.69) is 0 Å². The van der Waals surface area contributed by atoms with Gasteiger partial charge in [-0.2, -0.15) is 74.6 Å². The number of hydrogen-bond acceptors (Lipinski definition) is 5. The minimum atomic E-state index is -8.11. The van der Waals surface area contributed by atoms with Gasteiger partial charge >= 0.3 is 48.4 Å². The Morgan fingerprint density at radius 2 is 0.972 bits per heavy atom. The highest BCUT2D eigenvalue weighted by Gasteiger charge is 2.85. The fraction of sp³-hybridized carbons (Fsp3) is 0.923. The lowest BCUT2D eigenvalue weighted by atomic mass is 10.2. The number of carbonyl (C=O) groups excluding carboxylic acids is 1. The molecule has 216 valence electrons. The third-order valence-corrected chi connectivity index (χ3v) is 3.66. The summed E-state index contributed by atoms with van der Waals surface area (Å²) in [5.74, 6) is -26.5. The number of rotatable bonds is 11. The second kappa shape index (κ2) is 10.1. The van der Waals surface area contributed by atoms with Gasteiger partial charge in [-0.15, -0.1) is 0 Å². The van der Waals surface area contributed by atoms with Crippen molar-refractivity contribution in [3.05, 3.63) is 0 Å². The second-order valence-electron chi connectivity index (χ2n) is 6.24. The van der Waals surface area contributed by atoms with Gasteiger partial charge in [-0.3, -0.25) is 14.3 Å². The first-order valence-corrected chi connectivity index (χ1v) is 8.22. The first kappa shape index (κ1) is 34.1. The third kappa shape index (κ3) is 6.15. The Kier molecular flexibility index (Phi) is 9.59. The molecule has 1 amide bonds. The zero-order valence-corrected chi connectivity index (χ0v) is 16.3. The molecule has 0 aromatic rings. The molecule has 0 heterocycles. The molecule has 6 nitrogen and oxygen atoms in total. The van der Waals surface area contributed by atoms with E-state index < -0.39 is 85.5 Å². The zero-order valence-electron chi connectivity index (χ0n) is 16.3. The standard InChI is InChI=1S/C13H10F17NO5/c14-6(9(18,19)20,5(34)31(1-3-32)2-4-33)35-13(29,30)8(17,11(24,25)26)36-12(27,28)7(15,16)10(21,22)23/h32-33H,1-4H2. The van der Waals surface area contributed by atoms with Crippen molar-refractivity contribution in [1.82, 2.24) is 4.90 Å². The summed E-state index contributed by atoms with van der Waals surface area (Å²) >= 11 is 0. The smallest absolute Gasteiger partial charge is 0.395 e. The molecule has 0 fully saturated rings. The predicted molar refractivity (Wildman–Crippen MR) is 73.6 cm³/mol. The second-order valence-corrected chi connectivity index (χ2v) is 6.24. The molecule has 23 heteroatoms. The minimum Gasteiger partial charge on any atom is -0.395 e. The van der Waals surface area contributed by atoms with Crippen LogP contribution in [0, 0.1) is 0 Å². The van der Waals surface area contributed by atoms with E-state index in [0.717, 1.165) is 0 Å². The molecule has 0 saturated heterocycles. The summed E-state index contributed by atoms with van der Waals surface area (Å²) in [7, 11) is 0. The third-order valence-electron chi connectivity index (χ3n) is 3.66. The highest BCUT2D eigenvalue weighted by atomic mass is 19.4. The summed E-state index contributed by atoms with van der Waals surface area (Å²) in [5.41, 5.74) is 0. The van der Waals surface area contributed by atoms with Crippen LogP contribution in [0.15, 0.2) is 0 Å². The number of ether oxygens (including phenoxy) is 2. The fourth-order valence-electron chi connectivity index (χ4n) is 1.91. The van der Waals surface area contributed by atoms with E-state index in [1.165, 1.54) is 4.74 Å². The molecule has 0 aromatic heterocycles. The molecule has 0 aliphatic carbocycles. The van der Waals surface area contributed by atoms with E-state index in [0.29, 0.717) is 0 Å². The lowest BCUT2D eigenvalue weighted by Crippen LogP contribution is -2.69. The molecule has 0 radical (unpaired) electrons. The minimum absolute atomic E-state index is 0.760. The van der Waals surface area contributed by atoms with Gasteiger partial charge < -0.3 is 15.1 Å². The lowest BCUT2D eigenvalue weighted by Gasteiger charge is -2.40. The van der Waals surface area contributed by atoms with Crippen LogP contribution < -0.4 is 0 Å². The Hall–Kier alpha value is -1.88. The number of halogens is 17. The van der Waals surface area contributed by atoms with Gasteiger partial charge in [-0.25, -0.2) is 0 Å². The zero-order chi connectivity index (χ0) is 29.4. The number of nitrogens with zero attached hydrogens (tertiary/aromatic N) is 1. The lowest BCUT2D eigenvalue weighted by molar-refractivity contribution is -0.548. The number of alkyl halides is 17. The van der Waals surface area contributed by atoms with Gasteiger partial charge in [-0.1, -0.05) is 0 Å². The van der Waals surface area contributed by atoms with Crippen LogP contribution in [-0.4, -0.2) is 95.7 Å². The molecule has 2 N–H and O–H groups in total. The summed E-state index contributed by atoms with van der Waals surface area (Å²) in [6.07, 6.45) is -38.8. The predicted octanol–water partition coefficient (Wildman–Crippen LogP) is 3.67. The summed E-state index contributed by atoms with van der Waals surface area (Å²) < 4.78 is 225. The molecule has 0 aliphatic heterocycles. The number of amides is 1. The highest BCUT2D eigenvalue weighted by molar-refractivity contribution is 5.84. The van der Waals surface area contributed by atoms with E-state index in [1.54, 1.807) is 0 Å². The fourth-order valence-corrected chi connectivity index (χ4v) is 1.91. The van der Waals surface area contributed by atoms with E-state index in [-0.39, 0.29) is 0 Å². The van der Waals surface area contributed by atoms with E-state index in [9.17, 15) is 79.4 Å². The van der Waals surface area contributed by atoms with Crippen LogP contribution >= 0.6 is 0 Å². The van der Waals surface area contributed by atoms with Crippen LogP contribution in [0.2, 0.25) is 0 Å². The van der Waals surface area contributed by atoms with Gasteiger partial charge in [0.1, 0.15) is 0 Å². The van der Waals surface area contributed by atoms with Crippen molar-refractivity contribution in [2.75, 3.05) is 26.3 Å². The molecule has 0 bridgehead atoms. The Morgan fingerprint density at radius 3 is 1.25 bits per heavy atom.